The van der Waals surface area contributed by atoms with Crippen LogP contribution >= 0.6 is 22.6 Å². The number of nitrogens with two attached hydrogens (primary N) is 1. The van der Waals surface area contributed by atoms with Crippen LogP contribution in [0.15, 0.2) is 48.5 Å². The molecule has 0 saturated heterocycles. The van der Waals surface area contributed by atoms with Crippen LogP contribution in [0, 0.1) is 3.57 Å². The lowest BCUT2D eigenvalue weighted by Gasteiger charge is -2.10. The summed E-state index contributed by atoms with van der Waals surface area (Å²) in [5.74, 6) is -0.462. The number of rotatable bonds is 5. The van der Waals surface area contributed by atoms with Gasteiger partial charge < -0.3 is 15.6 Å². The van der Waals surface area contributed by atoms with E-state index >= 15 is 0 Å². The summed E-state index contributed by atoms with van der Waals surface area (Å²) >= 11 is 2.26. The quantitative estimate of drug-likeness (QED) is 0.779. The van der Waals surface area contributed by atoms with Crippen molar-refractivity contribution in [1.29, 1.82) is 0 Å². The molecule has 104 valence electrons. The predicted molar refractivity (Wildman–Crippen MR) is 85.7 cm³/mol. The highest BCUT2D eigenvalue weighted by Crippen LogP contribution is 2.23. The molecule has 2 aromatic carbocycles. The number of carbonyl (C=O) groups is 1. The van der Waals surface area contributed by atoms with Gasteiger partial charge in [0.05, 0.1) is 0 Å². The summed E-state index contributed by atoms with van der Waals surface area (Å²) < 4.78 is 6.52. The standard InChI is InChI=1S/C15H14INO3/c16-12-5-1-10(2-6-12)11-3-7-13(8-4-11)20-9-14(17)15(18)19/h1-8,14H,9,17H2,(H,18,19). The number of ether oxygens (including phenoxy) is 1. The fourth-order valence-corrected chi connectivity index (χ4v) is 2.00. The summed E-state index contributed by atoms with van der Waals surface area (Å²) in [5, 5.41) is 8.67. The van der Waals surface area contributed by atoms with Crippen molar-refractivity contribution in [3.63, 3.8) is 0 Å². The van der Waals surface area contributed by atoms with Gasteiger partial charge in [-0.2, -0.15) is 0 Å². The molecule has 0 aliphatic heterocycles. The molecular formula is C15H14INO3. The van der Waals surface area contributed by atoms with E-state index in [2.05, 4.69) is 34.7 Å². The van der Waals surface area contributed by atoms with Crippen molar-refractivity contribution >= 4 is 28.6 Å². The summed E-state index contributed by atoms with van der Waals surface area (Å²) in [7, 11) is 0. The lowest BCUT2D eigenvalue weighted by atomic mass is 10.1. The Bertz CT molecular complexity index is 581. The average molecular weight is 383 g/mol. The van der Waals surface area contributed by atoms with Crippen molar-refractivity contribution in [1.82, 2.24) is 0 Å². The zero-order chi connectivity index (χ0) is 14.5. The molecule has 0 heterocycles. The number of hydrogen-bond acceptors (Lipinski definition) is 3. The molecule has 0 aliphatic carbocycles. The van der Waals surface area contributed by atoms with Gasteiger partial charge in [0.25, 0.3) is 0 Å². The fourth-order valence-electron chi connectivity index (χ4n) is 1.64. The minimum Gasteiger partial charge on any atom is -0.491 e. The number of carboxylic acids is 1. The van der Waals surface area contributed by atoms with Gasteiger partial charge in [-0.05, 0) is 58.0 Å². The first-order chi connectivity index (χ1) is 9.56. The van der Waals surface area contributed by atoms with Crippen molar-refractivity contribution in [2.24, 2.45) is 5.73 Å². The van der Waals surface area contributed by atoms with Crippen molar-refractivity contribution in [2.75, 3.05) is 6.61 Å². The minimum absolute atomic E-state index is 0.0434. The first-order valence-electron chi connectivity index (χ1n) is 6.03. The average Bonchev–Trinajstić information content (AvgIpc) is 2.46. The zero-order valence-electron chi connectivity index (χ0n) is 10.6. The van der Waals surface area contributed by atoms with Gasteiger partial charge in [-0.25, -0.2) is 0 Å². The molecule has 2 aromatic rings. The second-order valence-electron chi connectivity index (χ2n) is 4.29. The van der Waals surface area contributed by atoms with Gasteiger partial charge in [-0.3, -0.25) is 4.79 Å². The van der Waals surface area contributed by atoms with Gasteiger partial charge in [0, 0.05) is 3.57 Å². The van der Waals surface area contributed by atoms with Crippen LogP contribution in [-0.2, 0) is 4.79 Å². The lowest BCUT2D eigenvalue weighted by molar-refractivity contribution is -0.139. The molecule has 0 aromatic heterocycles. The maximum Gasteiger partial charge on any atom is 0.324 e. The summed E-state index contributed by atoms with van der Waals surface area (Å²) in [6.45, 7) is -0.0434. The molecule has 0 bridgehead atoms. The Balaban J connectivity index is 2.03. The number of aliphatic carboxylic acids is 1. The van der Waals surface area contributed by atoms with Crippen LogP contribution in [0.5, 0.6) is 5.75 Å². The predicted octanol–water partition coefficient (Wildman–Crippen LogP) is 2.75. The molecule has 2 rings (SSSR count). The summed E-state index contributed by atoms with van der Waals surface area (Å²) in [4.78, 5) is 10.6. The number of carboxylic acid groups (broad SMARTS) is 1. The highest BCUT2D eigenvalue weighted by atomic mass is 127. The largest absolute Gasteiger partial charge is 0.491 e. The van der Waals surface area contributed by atoms with Crippen LogP contribution in [0.3, 0.4) is 0 Å². The van der Waals surface area contributed by atoms with Gasteiger partial charge in [-0.1, -0.05) is 24.3 Å². The van der Waals surface area contributed by atoms with E-state index in [-0.39, 0.29) is 6.61 Å². The van der Waals surface area contributed by atoms with Crippen LogP contribution in [-0.4, -0.2) is 23.7 Å². The number of halogens is 1. The topological polar surface area (TPSA) is 72.5 Å². The highest BCUT2D eigenvalue weighted by Gasteiger charge is 2.11. The zero-order valence-corrected chi connectivity index (χ0v) is 12.8. The van der Waals surface area contributed by atoms with Crippen molar-refractivity contribution in [2.45, 2.75) is 6.04 Å². The van der Waals surface area contributed by atoms with E-state index in [0.717, 1.165) is 11.1 Å². The Hall–Kier alpha value is -1.60. The maximum atomic E-state index is 10.6. The van der Waals surface area contributed by atoms with Gasteiger partial charge in [0.1, 0.15) is 18.4 Å². The van der Waals surface area contributed by atoms with Gasteiger partial charge >= 0.3 is 5.97 Å². The summed E-state index contributed by atoms with van der Waals surface area (Å²) in [6, 6.07) is 14.7. The van der Waals surface area contributed by atoms with Crippen LogP contribution in [0.1, 0.15) is 0 Å². The molecule has 1 unspecified atom stereocenters. The van der Waals surface area contributed by atoms with Crippen molar-refractivity contribution in [3.8, 4) is 16.9 Å². The Morgan fingerprint density at radius 1 is 1.10 bits per heavy atom. The van der Waals surface area contributed by atoms with E-state index < -0.39 is 12.0 Å². The van der Waals surface area contributed by atoms with Crippen LogP contribution in [0.2, 0.25) is 0 Å². The summed E-state index contributed by atoms with van der Waals surface area (Å²) in [6.07, 6.45) is 0. The Morgan fingerprint density at radius 2 is 1.60 bits per heavy atom. The Morgan fingerprint density at radius 3 is 2.10 bits per heavy atom. The molecule has 0 spiro atoms. The molecule has 0 fully saturated rings. The fraction of sp³-hybridized carbons (Fsp3) is 0.133. The smallest absolute Gasteiger partial charge is 0.324 e. The third-order valence-corrected chi connectivity index (χ3v) is 3.50. The van der Waals surface area contributed by atoms with E-state index in [1.54, 1.807) is 0 Å². The second-order valence-corrected chi connectivity index (χ2v) is 5.53. The first kappa shape index (κ1) is 14.8. The Kier molecular flexibility index (Phi) is 4.97. The lowest BCUT2D eigenvalue weighted by Crippen LogP contribution is -2.36. The normalized spacial score (nSPS) is 11.9. The third-order valence-electron chi connectivity index (χ3n) is 2.78. The van der Waals surface area contributed by atoms with E-state index in [9.17, 15) is 4.79 Å². The van der Waals surface area contributed by atoms with Crippen LogP contribution in [0.25, 0.3) is 11.1 Å². The summed E-state index contributed by atoms with van der Waals surface area (Å²) in [5.41, 5.74) is 7.58. The monoisotopic (exact) mass is 383 g/mol. The molecule has 4 nitrogen and oxygen atoms in total. The second kappa shape index (κ2) is 6.71. The van der Waals surface area contributed by atoms with E-state index in [1.807, 2.05) is 36.4 Å². The van der Waals surface area contributed by atoms with Gasteiger partial charge in [-0.15, -0.1) is 0 Å². The molecule has 20 heavy (non-hydrogen) atoms. The van der Waals surface area contributed by atoms with E-state index in [0.29, 0.717) is 5.75 Å². The van der Waals surface area contributed by atoms with Crippen LogP contribution in [0.4, 0.5) is 0 Å². The molecule has 3 N–H and O–H groups in total. The minimum atomic E-state index is -1.07. The number of benzene rings is 2. The molecular weight excluding hydrogens is 369 g/mol. The third kappa shape index (κ3) is 3.94. The van der Waals surface area contributed by atoms with Crippen LogP contribution < -0.4 is 10.5 Å². The highest BCUT2D eigenvalue weighted by molar-refractivity contribution is 14.1. The molecule has 0 radical (unpaired) electrons. The Labute approximate surface area is 130 Å². The molecule has 1 atom stereocenters. The number of hydrogen-bond donors (Lipinski definition) is 2. The molecule has 0 aliphatic rings. The maximum absolute atomic E-state index is 10.6. The first-order valence-corrected chi connectivity index (χ1v) is 7.11. The SMILES string of the molecule is NC(COc1ccc(-c2ccc(I)cc2)cc1)C(=O)O. The van der Waals surface area contributed by atoms with Crippen molar-refractivity contribution in [3.05, 3.63) is 52.1 Å². The molecule has 5 heteroatoms. The molecule has 0 amide bonds. The van der Waals surface area contributed by atoms with Crippen molar-refractivity contribution < 1.29 is 14.6 Å². The van der Waals surface area contributed by atoms with E-state index in [1.165, 1.54) is 3.57 Å². The van der Waals surface area contributed by atoms with E-state index in [4.69, 9.17) is 15.6 Å². The van der Waals surface area contributed by atoms with Gasteiger partial charge in [0.2, 0.25) is 0 Å². The van der Waals surface area contributed by atoms with Gasteiger partial charge in [0.15, 0.2) is 0 Å². The molecule has 0 saturated carbocycles.